The number of carboxylic acid groups (broad SMARTS) is 1. The zero-order valence-corrected chi connectivity index (χ0v) is 7.73. The van der Waals surface area contributed by atoms with Gasteiger partial charge in [0.2, 0.25) is 0 Å². The largest absolute Gasteiger partial charge is 0.486 e. The Morgan fingerprint density at radius 3 is 2.36 bits per heavy atom. The molecule has 0 aliphatic carbocycles. The molecule has 0 rings (SSSR count). The molecule has 76 valence electrons. The Bertz CT molecular complexity index is 276. The third-order valence-electron chi connectivity index (χ3n) is 1.37. The zero-order valence-electron chi connectivity index (χ0n) is 7.73. The number of carbonyl (C=O) groups excluding carboxylic acids is 1. The van der Waals surface area contributed by atoms with E-state index in [0.29, 0.717) is 6.29 Å². The summed E-state index contributed by atoms with van der Waals surface area (Å²) in [7, 11) is 0. The fraction of sp³-hybridized carbons (Fsp3) is 0.200. The summed E-state index contributed by atoms with van der Waals surface area (Å²) >= 11 is 0. The Hall–Kier alpha value is -1.84. The molecule has 0 heterocycles. The number of aldehydes is 1. The van der Waals surface area contributed by atoms with Gasteiger partial charge in [-0.3, -0.25) is 4.79 Å². The molecule has 0 fully saturated rings. The summed E-state index contributed by atoms with van der Waals surface area (Å²) in [6.07, 6.45) is 3.28. The third kappa shape index (κ3) is 3.71. The summed E-state index contributed by atoms with van der Waals surface area (Å²) in [4.78, 5) is 21.2. The van der Waals surface area contributed by atoms with Crippen LogP contribution in [-0.4, -0.2) is 24.0 Å². The Labute approximate surface area is 82.2 Å². The molecule has 0 aromatic carbocycles. The smallest absolute Gasteiger partial charge is 0.335 e. The quantitative estimate of drug-likeness (QED) is 0.288. The standard InChI is InChI=1S/C10H12O4/c1-3-5-8(10(12)13)9(7-11)14-6-4-2/h3-4,7H,1-2,5-6H2,(H,12,13). The van der Waals surface area contributed by atoms with Crippen LogP contribution >= 0.6 is 0 Å². The van der Waals surface area contributed by atoms with Crippen molar-refractivity contribution in [2.75, 3.05) is 6.61 Å². The number of ether oxygens (including phenoxy) is 1. The van der Waals surface area contributed by atoms with Crippen LogP contribution in [0.15, 0.2) is 36.6 Å². The minimum absolute atomic E-state index is 0.0839. The molecule has 0 aliphatic heterocycles. The van der Waals surface area contributed by atoms with Gasteiger partial charge in [0.05, 0.1) is 5.57 Å². The molecule has 14 heavy (non-hydrogen) atoms. The van der Waals surface area contributed by atoms with E-state index in [9.17, 15) is 9.59 Å². The summed E-state index contributed by atoms with van der Waals surface area (Å²) in [5.41, 5.74) is -0.100. The Kier molecular flexibility index (Phi) is 5.78. The molecular weight excluding hydrogens is 184 g/mol. The molecule has 4 heteroatoms. The van der Waals surface area contributed by atoms with Gasteiger partial charge in [-0.2, -0.15) is 0 Å². The van der Waals surface area contributed by atoms with Crippen molar-refractivity contribution in [3.05, 3.63) is 36.6 Å². The van der Waals surface area contributed by atoms with Crippen molar-refractivity contribution in [2.24, 2.45) is 0 Å². The van der Waals surface area contributed by atoms with Crippen LogP contribution in [0.4, 0.5) is 0 Å². The van der Waals surface area contributed by atoms with Gasteiger partial charge >= 0.3 is 5.97 Å². The van der Waals surface area contributed by atoms with Gasteiger partial charge in [-0.25, -0.2) is 4.79 Å². The van der Waals surface area contributed by atoms with Crippen molar-refractivity contribution < 1.29 is 19.4 Å². The lowest BCUT2D eigenvalue weighted by molar-refractivity contribution is -0.133. The number of hydrogen-bond acceptors (Lipinski definition) is 3. The predicted molar refractivity (Wildman–Crippen MR) is 51.7 cm³/mol. The summed E-state index contributed by atoms with van der Waals surface area (Å²) in [5.74, 6) is -1.37. The van der Waals surface area contributed by atoms with Gasteiger partial charge < -0.3 is 9.84 Å². The highest BCUT2D eigenvalue weighted by Gasteiger charge is 2.13. The molecule has 0 saturated carbocycles. The number of carbonyl (C=O) groups is 2. The molecule has 0 spiro atoms. The SMILES string of the molecule is C=CCOC(C=O)=C(CC=C)C(=O)O. The third-order valence-corrected chi connectivity index (χ3v) is 1.37. The van der Waals surface area contributed by atoms with Crippen LogP contribution in [0, 0.1) is 0 Å². The first-order chi connectivity index (χ1) is 6.67. The van der Waals surface area contributed by atoms with Gasteiger partial charge in [0.15, 0.2) is 12.0 Å². The van der Waals surface area contributed by atoms with Crippen molar-refractivity contribution in [3.8, 4) is 0 Å². The molecule has 0 radical (unpaired) electrons. The molecule has 0 saturated heterocycles. The van der Waals surface area contributed by atoms with E-state index >= 15 is 0 Å². The van der Waals surface area contributed by atoms with Gasteiger partial charge in [-0.15, -0.1) is 6.58 Å². The first-order valence-corrected chi connectivity index (χ1v) is 3.93. The van der Waals surface area contributed by atoms with Crippen molar-refractivity contribution in [3.63, 3.8) is 0 Å². The molecule has 0 unspecified atom stereocenters. The lowest BCUT2D eigenvalue weighted by atomic mass is 10.1. The van der Waals surface area contributed by atoms with Crippen molar-refractivity contribution in [1.82, 2.24) is 0 Å². The Morgan fingerprint density at radius 2 is 2.00 bits per heavy atom. The highest BCUT2D eigenvalue weighted by atomic mass is 16.5. The lowest BCUT2D eigenvalue weighted by Crippen LogP contribution is -2.07. The fourth-order valence-electron chi connectivity index (χ4n) is 0.779. The van der Waals surface area contributed by atoms with E-state index in [4.69, 9.17) is 9.84 Å². The molecule has 0 aromatic heterocycles. The maximum absolute atomic E-state index is 10.7. The van der Waals surface area contributed by atoms with E-state index in [-0.39, 0.29) is 24.4 Å². The van der Waals surface area contributed by atoms with Crippen molar-refractivity contribution >= 4 is 12.3 Å². The summed E-state index contributed by atoms with van der Waals surface area (Å²) in [5, 5.41) is 8.73. The number of carboxylic acids is 1. The average molecular weight is 196 g/mol. The predicted octanol–water partition coefficient (Wildman–Crippen LogP) is 1.30. The first-order valence-electron chi connectivity index (χ1n) is 3.93. The van der Waals surface area contributed by atoms with Crippen LogP contribution in [0.25, 0.3) is 0 Å². The molecule has 0 aliphatic rings. The van der Waals surface area contributed by atoms with Crippen LogP contribution in [0.3, 0.4) is 0 Å². The first kappa shape index (κ1) is 12.2. The second-order valence-corrected chi connectivity index (χ2v) is 2.36. The van der Waals surface area contributed by atoms with Crippen molar-refractivity contribution in [2.45, 2.75) is 6.42 Å². The van der Waals surface area contributed by atoms with Crippen LogP contribution in [0.1, 0.15) is 6.42 Å². The van der Waals surface area contributed by atoms with E-state index in [0.717, 1.165) is 0 Å². The topological polar surface area (TPSA) is 63.6 Å². The van der Waals surface area contributed by atoms with E-state index in [1.165, 1.54) is 12.2 Å². The molecule has 0 aromatic rings. The molecule has 0 atom stereocenters. The highest BCUT2D eigenvalue weighted by molar-refractivity contribution is 5.93. The second-order valence-electron chi connectivity index (χ2n) is 2.36. The Balaban J connectivity index is 4.85. The molecule has 4 nitrogen and oxygen atoms in total. The second kappa shape index (κ2) is 6.65. The van der Waals surface area contributed by atoms with Crippen LogP contribution in [0.5, 0.6) is 0 Å². The number of aliphatic carboxylic acids is 1. The maximum atomic E-state index is 10.7. The minimum atomic E-state index is -1.18. The average Bonchev–Trinajstić information content (AvgIpc) is 2.17. The summed E-state index contributed by atoms with van der Waals surface area (Å²) in [6, 6.07) is 0. The molecule has 1 N–H and O–H groups in total. The number of rotatable bonds is 7. The van der Waals surface area contributed by atoms with Crippen LogP contribution in [-0.2, 0) is 14.3 Å². The normalized spacial score (nSPS) is 11.1. The van der Waals surface area contributed by atoms with E-state index in [1.807, 2.05) is 0 Å². The van der Waals surface area contributed by atoms with Crippen LogP contribution in [0.2, 0.25) is 0 Å². The zero-order chi connectivity index (χ0) is 11.0. The van der Waals surface area contributed by atoms with Crippen molar-refractivity contribution in [1.29, 1.82) is 0 Å². The van der Waals surface area contributed by atoms with Gasteiger partial charge in [0, 0.05) is 6.42 Å². The molecule has 0 bridgehead atoms. The van der Waals surface area contributed by atoms with Gasteiger partial charge in [0.1, 0.15) is 6.61 Å². The number of hydrogen-bond donors (Lipinski definition) is 1. The minimum Gasteiger partial charge on any atom is -0.486 e. The highest BCUT2D eigenvalue weighted by Crippen LogP contribution is 2.09. The van der Waals surface area contributed by atoms with Gasteiger partial charge in [0.25, 0.3) is 0 Å². The summed E-state index contributed by atoms with van der Waals surface area (Å²) in [6.45, 7) is 6.88. The molecular formula is C10H12O4. The van der Waals surface area contributed by atoms with E-state index < -0.39 is 5.97 Å². The van der Waals surface area contributed by atoms with Gasteiger partial charge in [-0.1, -0.05) is 18.7 Å². The lowest BCUT2D eigenvalue weighted by Gasteiger charge is -2.05. The fourth-order valence-corrected chi connectivity index (χ4v) is 0.779. The monoisotopic (exact) mass is 196 g/mol. The Morgan fingerprint density at radius 1 is 1.36 bits per heavy atom. The van der Waals surface area contributed by atoms with E-state index in [1.54, 1.807) is 0 Å². The van der Waals surface area contributed by atoms with Gasteiger partial charge in [-0.05, 0) is 0 Å². The van der Waals surface area contributed by atoms with Crippen LogP contribution < -0.4 is 0 Å². The molecule has 0 amide bonds. The maximum Gasteiger partial charge on any atom is 0.335 e. The van der Waals surface area contributed by atoms with E-state index in [2.05, 4.69) is 13.2 Å². The summed E-state index contributed by atoms with van der Waals surface area (Å²) < 4.78 is 4.88. The number of allylic oxidation sites excluding steroid dienone is 2.